The van der Waals surface area contributed by atoms with Crippen LogP contribution in [0, 0.1) is 0 Å². The Morgan fingerprint density at radius 2 is 1.75 bits per heavy atom. The molecule has 1 atom stereocenters. The van der Waals surface area contributed by atoms with Crippen molar-refractivity contribution in [2.24, 2.45) is 0 Å². The van der Waals surface area contributed by atoms with Crippen molar-refractivity contribution < 1.29 is 29.0 Å². The van der Waals surface area contributed by atoms with E-state index in [1.165, 1.54) is 0 Å². The van der Waals surface area contributed by atoms with Crippen LogP contribution < -0.4 is 10.6 Å². The predicted molar refractivity (Wildman–Crippen MR) is 104 cm³/mol. The molecule has 1 unspecified atom stereocenters. The maximum Gasteiger partial charge on any atom is 0.407 e. The van der Waals surface area contributed by atoms with Crippen LogP contribution in [0.25, 0.3) is 0 Å². The Hall–Kier alpha value is -2.77. The van der Waals surface area contributed by atoms with Gasteiger partial charge < -0.3 is 25.2 Å². The topological polar surface area (TPSA) is 114 Å². The van der Waals surface area contributed by atoms with Crippen molar-refractivity contribution in [3.05, 3.63) is 35.9 Å². The Labute approximate surface area is 165 Å². The smallest absolute Gasteiger partial charge is 0.407 e. The quantitative estimate of drug-likeness (QED) is 0.524. The molecule has 3 N–H and O–H groups in total. The number of nitrogens with one attached hydrogen (secondary N) is 2. The van der Waals surface area contributed by atoms with E-state index in [0.29, 0.717) is 25.8 Å². The summed E-state index contributed by atoms with van der Waals surface area (Å²) in [7, 11) is 0. The summed E-state index contributed by atoms with van der Waals surface area (Å²) in [6.07, 6.45) is 0.394. The van der Waals surface area contributed by atoms with Gasteiger partial charge in [-0.2, -0.15) is 0 Å². The fourth-order valence-corrected chi connectivity index (χ4v) is 2.39. The molecule has 2 amide bonds. The molecule has 0 aromatic heterocycles. The lowest BCUT2D eigenvalue weighted by molar-refractivity contribution is -0.137. The summed E-state index contributed by atoms with van der Waals surface area (Å²) >= 11 is 0. The molecule has 28 heavy (non-hydrogen) atoms. The Bertz CT molecular complexity index is 627. The van der Waals surface area contributed by atoms with Gasteiger partial charge in [0.1, 0.15) is 12.2 Å². The summed E-state index contributed by atoms with van der Waals surface area (Å²) in [6, 6.07) is 8.68. The van der Waals surface area contributed by atoms with Gasteiger partial charge in [0.25, 0.3) is 0 Å². The molecule has 0 aliphatic heterocycles. The highest BCUT2D eigenvalue weighted by molar-refractivity contribution is 5.71. The van der Waals surface area contributed by atoms with Crippen LogP contribution in [0.15, 0.2) is 30.3 Å². The minimum Gasteiger partial charge on any atom is -0.481 e. The van der Waals surface area contributed by atoms with Crippen LogP contribution in [0.4, 0.5) is 9.59 Å². The summed E-state index contributed by atoms with van der Waals surface area (Å²) < 4.78 is 10.3. The number of carbonyl (C=O) groups excluding carboxylic acids is 2. The van der Waals surface area contributed by atoms with E-state index in [2.05, 4.69) is 10.6 Å². The van der Waals surface area contributed by atoms with Crippen LogP contribution in [0.1, 0.15) is 52.0 Å². The highest BCUT2D eigenvalue weighted by Crippen LogP contribution is 2.08. The SMILES string of the molecule is CC(C)(C)OC(=O)NCCCCC(CC(=O)O)NC(=O)OCc1ccccc1. The molecule has 1 aromatic rings. The number of carbonyl (C=O) groups is 3. The molecule has 0 aliphatic rings. The third kappa shape index (κ3) is 11.8. The number of rotatable bonds is 10. The van der Waals surface area contributed by atoms with E-state index < -0.39 is 29.8 Å². The number of hydrogen-bond donors (Lipinski definition) is 3. The van der Waals surface area contributed by atoms with Gasteiger partial charge in [-0.3, -0.25) is 4.79 Å². The van der Waals surface area contributed by atoms with Crippen LogP contribution in [-0.4, -0.2) is 41.4 Å². The third-order valence-electron chi connectivity index (χ3n) is 3.60. The first-order valence-corrected chi connectivity index (χ1v) is 9.31. The van der Waals surface area contributed by atoms with Crippen LogP contribution in [-0.2, 0) is 20.9 Å². The molecule has 0 saturated carbocycles. The highest BCUT2D eigenvalue weighted by Gasteiger charge is 2.17. The van der Waals surface area contributed by atoms with Gasteiger partial charge >= 0.3 is 18.2 Å². The van der Waals surface area contributed by atoms with Gasteiger partial charge in [0, 0.05) is 12.6 Å². The van der Waals surface area contributed by atoms with Crippen molar-refractivity contribution >= 4 is 18.2 Å². The van der Waals surface area contributed by atoms with E-state index in [4.69, 9.17) is 14.6 Å². The standard InChI is InChI=1S/C20H30N2O6/c1-20(2,3)28-18(25)21-12-8-7-11-16(13-17(23)24)22-19(26)27-14-15-9-5-4-6-10-15/h4-6,9-10,16H,7-8,11-14H2,1-3H3,(H,21,25)(H,22,26)(H,23,24). The van der Waals surface area contributed by atoms with Crippen LogP contribution in [0.5, 0.6) is 0 Å². The number of alkyl carbamates (subject to hydrolysis) is 2. The first-order chi connectivity index (χ1) is 13.2. The van der Waals surface area contributed by atoms with E-state index in [9.17, 15) is 14.4 Å². The first kappa shape index (κ1) is 23.3. The molecule has 0 saturated heterocycles. The zero-order valence-electron chi connectivity index (χ0n) is 16.7. The lowest BCUT2D eigenvalue weighted by atomic mass is 10.1. The molecule has 1 aromatic carbocycles. The van der Waals surface area contributed by atoms with Crippen molar-refractivity contribution in [1.82, 2.24) is 10.6 Å². The molecule has 8 nitrogen and oxygen atoms in total. The molecule has 0 bridgehead atoms. The summed E-state index contributed by atoms with van der Waals surface area (Å²) in [5.74, 6) is -1.000. The maximum absolute atomic E-state index is 11.9. The molecule has 1 rings (SSSR count). The van der Waals surface area contributed by atoms with Gasteiger partial charge in [-0.05, 0) is 45.6 Å². The fraction of sp³-hybridized carbons (Fsp3) is 0.550. The second kappa shape index (κ2) is 11.8. The zero-order valence-corrected chi connectivity index (χ0v) is 16.7. The van der Waals surface area contributed by atoms with E-state index in [1.807, 2.05) is 30.3 Å². The van der Waals surface area contributed by atoms with Crippen molar-refractivity contribution in [3.8, 4) is 0 Å². The summed E-state index contributed by atoms with van der Waals surface area (Å²) in [6.45, 7) is 5.88. The summed E-state index contributed by atoms with van der Waals surface area (Å²) in [4.78, 5) is 34.5. The molecule has 0 aliphatic carbocycles. The van der Waals surface area contributed by atoms with E-state index in [-0.39, 0.29) is 13.0 Å². The highest BCUT2D eigenvalue weighted by atomic mass is 16.6. The third-order valence-corrected chi connectivity index (χ3v) is 3.60. The number of ether oxygens (including phenoxy) is 2. The largest absolute Gasteiger partial charge is 0.481 e. The Kier molecular flexibility index (Phi) is 9.84. The lowest BCUT2D eigenvalue weighted by Gasteiger charge is -2.20. The Morgan fingerprint density at radius 3 is 2.36 bits per heavy atom. The van der Waals surface area contributed by atoms with Gasteiger partial charge in [-0.25, -0.2) is 9.59 Å². The van der Waals surface area contributed by atoms with Gasteiger partial charge in [0.15, 0.2) is 0 Å². The Morgan fingerprint density at radius 1 is 1.07 bits per heavy atom. The van der Waals surface area contributed by atoms with E-state index >= 15 is 0 Å². The number of amides is 2. The molecule has 0 heterocycles. The number of unbranched alkanes of at least 4 members (excludes halogenated alkanes) is 1. The minimum absolute atomic E-state index is 0.117. The van der Waals surface area contributed by atoms with Gasteiger partial charge in [-0.1, -0.05) is 30.3 Å². The van der Waals surface area contributed by atoms with Gasteiger partial charge in [-0.15, -0.1) is 0 Å². The second-order valence-electron chi connectivity index (χ2n) is 7.43. The Balaban J connectivity index is 2.30. The number of carboxylic acids is 1. The minimum atomic E-state index is -1.000. The summed E-state index contributed by atoms with van der Waals surface area (Å²) in [5.41, 5.74) is 0.293. The van der Waals surface area contributed by atoms with Crippen LogP contribution >= 0.6 is 0 Å². The molecule has 0 fully saturated rings. The van der Waals surface area contributed by atoms with Gasteiger partial charge in [0.2, 0.25) is 0 Å². The molecule has 0 radical (unpaired) electrons. The molecule has 0 spiro atoms. The van der Waals surface area contributed by atoms with E-state index in [1.54, 1.807) is 20.8 Å². The zero-order chi connectivity index (χ0) is 21.0. The first-order valence-electron chi connectivity index (χ1n) is 9.31. The van der Waals surface area contributed by atoms with Crippen LogP contribution in [0.2, 0.25) is 0 Å². The second-order valence-corrected chi connectivity index (χ2v) is 7.43. The van der Waals surface area contributed by atoms with Crippen molar-refractivity contribution in [3.63, 3.8) is 0 Å². The monoisotopic (exact) mass is 394 g/mol. The molecular weight excluding hydrogens is 364 g/mol. The summed E-state index contributed by atoms with van der Waals surface area (Å²) in [5, 5.41) is 14.3. The molecular formula is C20H30N2O6. The van der Waals surface area contributed by atoms with Crippen LogP contribution in [0.3, 0.4) is 0 Å². The number of carboxylic acid groups (broad SMARTS) is 1. The van der Waals surface area contributed by atoms with Crippen molar-refractivity contribution in [1.29, 1.82) is 0 Å². The average Bonchev–Trinajstić information content (AvgIpc) is 2.58. The molecule has 156 valence electrons. The van der Waals surface area contributed by atoms with Gasteiger partial charge in [0.05, 0.1) is 6.42 Å². The fourth-order valence-electron chi connectivity index (χ4n) is 2.39. The molecule has 8 heteroatoms. The van der Waals surface area contributed by atoms with Crippen molar-refractivity contribution in [2.45, 2.75) is 64.7 Å². The number of aliphatic carboxylic acids is 1. The van der Waals surface area contributed by atoms with Crippen molar-refractivity contribution in [2.75, 3.05) is 6.54 Å². The number of benzene rings is 1. The average molecular weight is 394 g/mol. The van der Waals surface area contributed by atoms with E-state index in [0.717, 1.165) is 5.56 Å². The lowest BCUT2D eigenvalue weighted by Crippen LogP contribution is -2.37. The number of hydrogen-bond acceptors (Lipinski definition) is 5. The maximum atomic E-state index is 11.9. The normalized spacial score (nSPS) is 12.0. The predicted octanol–water partition coefficient (Wildman–Crippen LogP) is 3.45.